The van der Waals surface area contributed by atoms with Gasteiger partial charge in [0.2, 0.25) is 0 Å². The van der Waals surface area contributed by atoms with Crippen LogP contribution in [0, 0.1) is 34.0 Å². The number of alkyl halides is 3. The number of anilines is 1. The number of halogens is 3. The molecule has 1 aliphatic rings. The number of unbranched alkanes of at least 4 members (excludes halogenated alkanes) is 2. The Bertz CT molecular complexity index is 1870. The number of hydrogen-bond donors (Lipinski definition) is 0. The van der Waals surface area contributed by atoms with Gasteiger partial charge in [0, 0.05) is 51.8 Å². The van der Waals surface area contributed by atoms with Crippen molar-refractivity contribution in [2.45, 2.75) is 51.3 Å². The van der Waals surface area contributed by atoms with Gasteiger partial charge in [0.05, 0.1) is 19.8 Å². The Balaban J connectivity index is 1.73. The Morgan fingerprint density at radius 3 is 1.90 bits per heavy atom. The molecule has 0 bridgehead atoms. The molecule has 7 nitrogen and oxygen atoms in total. The predicted octanol–water partition coefficient (Wildman–Crippen LogP) is 9.96. The quantitative estimate of drug-likeness (QED) is 0.154. The highest BCUT2D eigenvalue weighted by Gasteiger charge is 2.65. The van der Waals surface area contributed by atoms with E-state index in [1.165, 1.54) is 47.8 Å². The van der Waals surface area contributed by atoms with E-state index in [-0.39, 0.29) is 5.56 Å². The minimum absolute atomic E-state index is 0.298. The van der Waals surface area contributed by atoms with E-state index in [0.717, 1.165) is 54.9 Å². The van der Waals surface area contributed by atoms with Crippen LogP contribution in [-0.2, 0) is 10.3 Å². The van der Waals surface area contributed by atoms with Gasteiger partial charge in [0.1, 0.15) is 35.3 Å². The summed E-state index contributed by atoms with van der Waals surface area (Å²) in [5, 5.41) is 29.0. The van der Waals surface area contributed by atoms with Crippen LogP contribution in [0.3, 0.4) is 0 Å². The Morgan fingerprint density at radius 2 is 1.42 bits per heavy atom. The van der Waals surface area contributed by atoms with Crippen molar-refractivity contribution in [1.82, 2.24) is 0 Å². The maximum atomic E-state index is 15.1. The largest absolute Gasteiger partial charge is 0.496 e. The van der Waals surface area contributed by atoms with Crippen LogP contribution in [0.15, 0.2) is 83.2 Å². The number of benzene rings is 2. The van der Waals surface area contributed by atoms with Crippen molar-refractivity contribution in [3.63, 3.8) is 0 Å². The van der Waals surface area contributed by atoms with Crippen LogP contribution in [0.4, 0.5) is 18.9 Å². The summed E-state index contributed by atoms with van der Waals surface area (Å²) < 4.78 is 62.3. The van der Waals surface area contributed by atoms with E-state index in [1.54, 1.807) is 44.6 Å². The highest BCUT2D eigenvalue weighted by atomic mass is 32.1. The fourth-order valence-electron chi connectivity index (χ4n) is 5.65. The standard InChI is InChI=1S/C39H37F3N4O3S/c1-5-7-20-46(21-8-6-2)29-22-35(47-3)32(36(23-29)48-4)18-16-30-14-15-31(50-30)17-19-34-33(26-45)37(27(24-43)25-44)49-38(34,39(40,41)42)28-12-10-9-11-13-28/h9-19,22-23H,5-8,20-21H2,1-4H3. The Labute approximate surface area is 295 Å². The lowest BCUT2D eigenvalue weighted by atomic mass is 9.84. The third-order valence-corrected chi connectivity index (χ3v) is 9.22. The third-order valence-electron chi connectivity index (χ3n) is 8.21. The second-order valence-electron chi connectivity index (χ2n) is 11.3. The Morgan fingerprint density at radius 1 is 0.860 bits per heavy atom. The van der Waals surface area contributed by atoms with Crippen LogP contribution < -0.4 is 14.4 Å². The topological polar surface area (TPSA) is 102 Å². The summed E-state index contributed by atoms with van der Waals surface area (Å²) in [5.41, 5.74) is -3.45. The second kappa shape index (κ2) is 16.8. The summed E-state index contributed by atoms with van der Waals surface area (Å²) in [4.78, 5) is 3.73. The number of nitrogens with zero attached hydrogens (tertiary/aromatic N) is 4. The number of methoxy groups -OCH3 is 2. The minimum atomic E-state index is -5.06. The van der Waals surface area contributed by atoms with Crippen LogP contribution >= 0.6 is 11.3 Å². The summed E-state index contributed by atoms with van der Waals surface area (Å²) in [6.07, 6.45) is 5.60. The summed E-state index contributed by atoms with van der Waals surface area (Å²) >= 11 is 1.31. The molecule has 50 heavy (non-hydrogen) atoms. The fraction of sp³-hybridized carbons (Fsp3) is 0.308. The molecule has 2 heterocycles. The summed E-state index contributed by atoms with van der Waals surface area (Å²) in [7, 11) is 3.22. The fourth-order valence-corrected chi connectivity index (χ4v) is 6.47. The number of nitriles is 3. The number of hydrogen-bond acceptors (Lipinski definition) is 8. The number of thiophene rings is 1. The van der Waals surface area contributed by atoms with Crippen molar-refractivity contribution in [1.29, 1.82) is 15.8 Å². The highest BCUT2D eigenvalue weighted by Crippen LogP contribution is 2.56. The zero-order chi connectivity index (χ0) is 36.3. The molecule has 3 aromatic rings. The zero-order valence-electron chi connectivity index (χ0n) is 28.3. The minimum Gasteiger partial charge on any atom is -0.496 e. The van der Waals surface area contributed by atoms with E-state index in [0.29, 0.717) is 16.4 Å². The van der Waals surface area contributed by atoms with Crippen molar-refractivity contribution < 1.29 is 27.4 Å². The SMILES string of the molecule is CCCCN(CCCC)c1cc(OC)c(C=Cc2ccc(C=CC3=C(C#N)C(=C(C#N)C#N)OC3(c3ccccc3)C(F)(F)F)s2)c(OC)c1. The van der Waals surface area contributed by atoms with E-state index in [9.17, 15) is 15.8 Å². The van der Waals surface area contributed by atoms with Crippen molar-refractivity contribution >= 4 is 35.3 Å². The van der Waals surface area contributed by atoms with E-state index >= 15 is 13.2 Å². The van der Waals surface area contributed by atoms with E-state index < -0.39 is 34.3 Å². The molecule has 0 saturated carbocycles. The molecule has 4 rings (SSSR count). The van der Waals surface area contributed by atoms with Crippen LogP contribution in [0.1, 0.15) is 60.4 Å². The van der Waals surface area contributed by atoms with Gasteiger partial charge in [-0.1, -0.05) is 63.1 Å². The van der Waals surface area contributed by atoms with E-state index in [4.69, 9.17) is 14.2 Å². The van der Waals surface area contributed by atoms with Gasteiger partial charge < -0.3 is 19.1 Å². The van der Waals surface area contributed by atoms with Crippen LogP contribution in [0.5, 0.6) is 11.5 Å². The third kappa shape index (κ3) is 7.72. The molecule has 1 aliphatic heterocycles. The summed E-state index contributed by atoms with van der Waals surface area (Å²) in [6.45, 7) is 6.18. The van der Waals surface area contributed by atoms with Gasteiger partial charge in [0.15, 0.2) is 11.3 Å². The molecular weight excluding hydrogens is 662 g/mol. The molecule has 0 radical (unpaired) electrons. The normalized spacial score (nSPS) is 15.9. The number of allylic oxidation sites excluding steroid dienone is 2. The monoisotopic (exact) mass is 698 g/mol. The van der Waals surface area contributed by atoms with Crippen molar-refractivity contribution in [2.24, 2.45) is 0 Å². The predicted molar refractivity (Wildman–Crippen MR) is 190 cm³/mol. The van der Waals surface area contributed by atoms with Gasteiger partial charge in [-0.2, -0.15) is 29.0 Å². The van der Waals surface area contributed by atoms with Gasteiger partial charge in [-0.25, -0.2) is 0 Å². The Hall–Kier alpha value is -5.44. The van der Waals surface area contributed by atoms with Crippen molar-refractivity contribution in [3.8, 4) is 29.7 Å². The van der Waals surface area contributed by atoms with Gasteiger partial charge in [-0.15, -0.1) is 11.3 Å². The lowest BCUT2D eigenvalue weighted by molar-refractivity contribution is -0.249. The molecule has 1 unspecified atom stereocenters. The first-order chi connectivity index (χ1) is 24.1. The van der Waals surface area contributed by atoms with Crippen LogP contribution in [-0.4, -0.2) is 33.5 Å². The molecule has 11 heteroatoms. The lowest BCUT2D eigenvalue weighted by Gasteiger charge is -2.33. The van der Waals surface area contributed by atoms with Gasteiger partial charge in [-0.3, -0.25) is 0 Å². The molecule has 2 aromatic carbocycles. The van der Waals surface area contributed by atoms with Gasteiger partial charge in [-0.05, 0) is 43.2 Å². The molecule has 0 spiro atoms. The second-order valence-corrected chi connectivity index (χ2v) is 12.5. The Kier molecular flexibility index (Phi) is 12.5. The lowest BCUT2D eigenvalue weighted by Crippen LogP contribution is -2.43. The molecule has 258 valence electrons. The van der Waals surface area contributed by atoms with Crippen LogP contribution in [0.25, 0.3) is 18.2 Å². The molecule has 0 amide bonds. The average Bonchev–Trinajstić information content (AvgIpc) is 3.73. The molecule has 0 N–H and O–H groups in total. The van der Waals surface area contributed by atoms with Gasteiger partial charge >= 0.3 is 6.18 Å². The van der Waals surface area contributed by atoms with Crippen molar-refractivity contribution in [2.75, 3.05) is 32.2 Å². The molecule has 0 fully saturated rings. The molecule has 1 atom stereocenters. The summed E-state index contributed by atoms with van der Waals surface area (Å²) in [6, 6.07) is 19.3. The highest BCUT2D eigenvalue weighted by molar-refractivity contribution is 7.13. The average molecular weight is 699 g/mol. The molecule has 0 saturated heterocycles. The maximum Gasteiger partial charge on any atom is 0.437 e. The molecular formula is C39H37F3N4O3S. The first-order valence-electron chi connectivity index (χ1n) is 16.1. The van der Waals surface area contributed by atoms with E-state index in [2.05, 4.69) is 18.7 Å². The number of rotatable bonds is 14. The summed E-state index contributed by atoms with van der Waals surface area (Å²) in [5.74, 6) is 0.579. The smallest absolute Gasteiger partial charge is 0.437 e. The maximum absolute atomic E-state index is 15.1. The van der Waals surface area contributed by atoms with Crippen molar-refractivity contribution in [3.05, 3.63) is 104 Å². The zero-order valence-corrected chi connectivity index (χ0v) is 29.1. The van der Waals surface area contributed by atoms with Gasteiger partial charge in [0.25, 0.3) is 5.60 Å². The first kappa shape index (κ1) is 37.4. The number of ether oxygens (including phenoxy) is 3. The first-order valence-corrected chi connectivity index (χ1v) is 16.9. The van der Waals surface area contributed by atoms with Crippen LogP contribution in [0.2, 0.25) is 0 Å². The van der Waals surface area contributed by atoms with E-state index in [1.807, 2.05) is 30.4 Å². The molecule has 1 aromatic heterocycles. The molecule has 0 aliphatic carbocycles.